The van der Waals surface area contributed by atoms with Crippen molar-refractivity contribution < 1.29 is 26.4 Å². The van der Waals surface area contributed by atoms with Crippen molar-refractivity contribution in [2.75, 3.05) is 11.1 Å². The number of carbonyl (C=O) groups is 1. The van der Waals surface area contributed by atoms with E-state index >= 15 is 0 Å². The van der Waals surface area contributed by atoms with Gasteiger partial charge in [-0.2, -0.15) is 18.3 Å². The number of halogens is 3. The predicted octanol–water partition coefficient (Wildman–Crippen LogP) is 4.97. The summed E-state index contributed by atoms with van der Waals surface area (Å²) in [6.45, 7) is 2.51. The van der Waals surface area contributed by atoms with E-state index in [-0.39, 0.29) is 18.5 Å². The van der Waals surface area contributed by atoms with Crippen LogP contribution in [0.15, 0.2) is 65.3 Å². The van der Waals surface area contributed by atoms with Gasteiger partial charge in [-0.3, -0.25) is 9.48 Å². The Hall–Kier alpha value is -3.58. The van der Waals surface area contributed by atoms with Crippen molar-refractivity contribution in [3.63, 3.8) is 0 Å². The van der Waals surface area contributed by atoms with Crippen molar-refractivity contribution in [1.82, 2.24) is 19.7 Å². The first kappa shape index (κ1) is 26.5. The van der Waals surface area contributed by atoms with E-state index in [0.717, 1.165) is 28.5 Å². The fraction of sp³-hybridized carbons (Fsp3) is 0.250. The number of nitrogens with one attached hydrogen (secondary N) is 1. The van der Waals surface area contributed by atoms with Crippen molar-refractivity contribution >= 4 is 32.9 Å². The zero-order valence-electron chi connectivity index (χ0n) is 19.6. The molecule has 3 heterocycles. The number of hydrogen-bond donors (Lipinski definition) is 1. The zero-order chi connectivity index (χ0) is 26.6. The summed E-state index contributed by atoms with van der Waals surface area (Å²) < 4.78 is 67.2. The first-order chi connectivity index (χ1) is 17.5. The van der Waals surface area contributed by atoms with Gasteiger partial charge in [0.05, 0.1) is 22.9 Å². The second kappa shape index (κ2) is 10.8. The number of sulfone groups is 1. The molecule has 194 valence electrons. The average molecular weight is 550 g/mol. The fourth-order valence-corrected chi connectivity index (χ4v) is 5.33. The van der Waals surface area contributed by atoms with E-state index in [9.17, 15) is 26.4 Å². The van der Waals surface area contributed by atoms with Crippen molar-refractivity contribution in [2.45, 2.75) is 37.6 Å². The molecule has 0 aliphatic carbocycles. The quantitative estimate of drug-likeness (QED) is 0.296. The highest BCUT2D eigenvalue weighted by Gasteiger charge is 2.35. The van der Waals surface area contributed by atoms with Gasteiger partial charge >= 0.3 is 6.18 Å². The molecule has 0 fully saturated rings. The Balaban J connectivity index is 1.38. The molecule has 13 heteroatoms. The maximum Gasteiger partial charge on any atom is 0.433 e. The van der Waals surface area contributed by atoms with Gasteiger partial charge in [0, 0.05) is 18.7 Å². The van der Waals surface area contributed by atoms with E-state index < -0.39 is 38.5 Å². The molecule has 0 atom stereocenters. The van der Waals surface area contributed by atoms with E-state index in [2.05, 4.69) is 20.4 Å². The molecule has 4 aromatic rings. The van der Waals surface area contributed by atoms with Gasteiger partial charge in [-0.25, -0.2) is 18.4 Å². The van der Waals surface area contributed by atoms with Crippen LogP contribution in [0.3, 0.4) is 0 Å². The third-order valence-electron chi connectivity index (χ3n) is 5.37. The normalized spacial score (nSPS) is 12.0. The summed E-state index contributed by atoms with van der Waals surface area (Å²) in [5.74, 6) is -0.753. The first-order valence-electron chi connectivity index (χ1n) is 11.1. The molecule has 4 rings (SSSR count). The molecule has 8 nitrogen and oxygen atoms in total. The molecule has 0 aliphatic rings. The molecule has 0 saturated heterocycles. The van der Waals surface area contributed by atoms with E-state index in [4.69, 9.17) is 0 Å². The van der Waals surface area contributed by atoms with Crippen molar-refractivity contribution in [3.05, 3.63) is 76.9 Å². The van der Waals surface area contributed by atoms with Gasteiger partial charge in [-0.15, -0.1) is 11.3 Å². The van der Waals surface area contributed by atoms with E-state index in [0.29, 0.717) is 17.2 Å². The number of amides is 1. The molecular formula is C24H22F3N5O3S2. The Kier molecular flexibility index (Phi) is 7.73. The lowest BCUT2D eigenvalue weighted by Crippen LogP contribution is -2.18. The van der Waals surface area contributed by atoms with Crippen molar-refractivity contribution in [2.24, 2.45) is 0 Å². The van der Waals surface area contributed by atoms with E-state index in [1.54, 1.807) is 28.4 Å². The maximum atomic E-state index is 13.3. The highest BCUT2D eigenvalue weighted by Crippen LogP contribution is 2.32. The summed E-state index contributed by atoms with van der Waals surface area (Å²) in [5, 5.41) is 7.63. The zero-order valence-corrected chi connectivity index (χ0v) is 21.2. The third kappa shape index (κ3) is 6.80. The van der Waals surface area contributed by atoms with Crippen LogP contribution in [0.4, 0.5) is 19.0 Å². The number of alkyl halides is 3. The van der Waals surface area contributed by atoms with Crippen LogP contribution in [-0.2, 0) is 27.4 Å². The van der Waals surface area contributed by atoms with Crippen LogP contribution in [0.1, 0.15) is 29.7 Å². The molecule has 37 heavy (non-hydrogen) atoms. The minimum absolute atomic E-state index is 0.130. The first-order valence-corrected chi connectivity index (χ1v) is 13.7. The molecule has 1 aromatic carbocycles. The van der Waals surface area contributed by atoms with Crippen molar-refractivity contribution in [1.29, 1.82) is 0 Å². The lowest BCUT2D eigenvalue weighted by atomic mass is 10.1. The van der Waals surface area contributed by atoms with E-state index in [1.165, 1.54) is 6.07 Å². The van der Waals surface area contributed by atoms with Gasteiger partial charge in [0.2, 0.25) is 20.9 Å². The van der Waals surface area contributed by atoms with Crippen molar-refractivity contribution in [3.8, 4) is 10.6 Å². The number of nitrogens with zero attached hydrogens (tertiary/aromatic N) is 4. The minimum Gasteiger partial charge on any atom is -0.309 e. The van der Waals surface area contributed by atoms with Crippen LogP contribution < -0.4 is 5.32 Å². The smallest absolute Gasteiger partial charge is 0.309 e. The van der Waals surface area contributed by atoms with Crippen LogP contribution in [-0.4, -0.2) is 39.8 Å². The molecule has 0 aliphatic heterocycles. The van der Waals surface area contributed by atoms with Crippen LogP contribution in [0.5, 0.6) is 0 Å². The molecule has 1 N–H and O–H groups in total. The number of carbonyl (C=O) groups excluding carboxylic acids is 1. The number of hydrogen-bond acceptors (Lipinski definition) is 7. The average Bonchev–Trinajstić information content (AvgIpc) is 3.52. The number of aryl methyl sites for hydroxylation is 1. The highest BCUT2D eigenvalue weighted by molar-refractivity contribution is 7.91. The number of anilines is 1. The SMILES string of the molecule is Cc1ccccc1Cn1ccc(NC(=O)CCCS(=O)(=O)c2nc(-c3cccs3)cc(C(F)(F)F)n2)n1. The Bertz CT molecular complexity index is 1500. The van der Waals surface area contributed by atoms with Gasteiger partial charge in [0.25, 0.3) is 0 Å². The monoisotopic (exact) mass is 549 g/mol. The second-order valence-corrected chi connectivity index (χ2v) is 11.1. The molecule has 0 spiro atoms. The van der Waals surface area contributed by atoms with Crippen LogP contribution in [0.25, 0.3) is 10.6 Å². The maximum absolute atomic E-state index is 13.3. The van der Waals surface area contributed by atoms with Gasteiger partial charge in [0.1, 0.15) is 5.69 Å². The van der Waals surface area contributed by atoms with Crippen LogP contribution >= 0.6 is 11.3 Å². The number of rotatable bonds is 9. The Labute approximate surface area is 215 Å². The van der Waals surface area contributed by atoms with E-state index in [1.807, 2.05) is 31.2 Å². The Morgan fingerprint density at radius 2 is 1.89 bits per heavy atom. The molecule has 1 amide bonds. The molecule has 0 bridgehead atoms. The lowest BCUT2D eigenvalue weighted by molar-refractivity contribution is -0.141. The standard InChI is InChI=1S/C24H22F3N5O3S2/c1-16-6-2-3-7-17(16)15-32-11-10-21(31-32)30-22(33)9-5-13-37(34,35)23-28-18(19-8-4-12-36-19)14-20(29-23)24(25,26)27/h2-4,6-8,10-12,14H,5,9,13,15H2,1H3,(H,30,31,33). The van der Waals surface area contributed by atoms with Gasteiger partial charge in [0.15, 0.2) is 5.82 Å². The van der Waals surface area contributed by atoms with Gasteiger partial charge in [-0.05, 0) is 42.0 Å². The topological polar surface area (TPSA) is 107 Å². The third-order valence-corrected chi connectivity index (χ3v) is 7.82. The lowest BCUT2D eigenvalue weighted by Gasteiger charge is -2.10. The molecule has 0 saturated carbocycles. The molecule has 0 radical (unpaired) electrons. The summed E-state index contributed by atoms with van der Waals surface area (Å²) in [7, 11) is -4.28. The summed E-state index contributed by atoms with van der Waals surface area (Å²) in [5.41, 5.74) is 0.711. The second-order valence-electron chi connectivity index (χ2n) is 8.19. The number of thiophene rings is 1. The fourth-order valence-electron chi connectivity index (χ4n) is 3.46. The predicted molar refractivity (Wildman–Crippen MR) is 133 cm³/mol. The minimum atomic E-state index is -4.85. The molecule has 3 aromatic heterocycles. The highest BCUT2D eigenvalue weighted by atomic mass is 32.2. The summed E-state index contributed by atoms with van der Waals surface area (Å²) in [6, 6.07) is 13.3. The molecular weight excluding hydrogens is 527 g/mol. The number of benzene rings is 1. The summed E-state index contributed by atoms with van der Waals surface area (Å²) in [4.78, 5) is 19.8. The number of aromatic nitrogens is 4. The Morgan fingerprint density at radius 3 is 2.59 bits per heavy atom. The summed E-state index contributed by atoms with van der Waals surface area (Å²) >= 11 is 1.13. The van der Waals surface area contributed by atoms with Crippen LogP contribution in [0.2, 0.25) is 0 Å². The van der Waals surface area contributed by atoms with Gasteiger partial charge < -0.3 is 5.32 Å². The summed E-state index contributed by atoms with van der Waals surface area (Å²) in [6.07, 6.45) is -3.45. The molecule has 0 unspecified atom stereocenters. The van der Waals surface area contributed by atoms with Gasteiger partial charge in [-0.1, -0.05) is 30.3 Å². The Morgan fingerprint density at radius 1 is 1.11 bits per heavy atom. The van der Waals surface area contributed by atoms with Crippen LogP contribution in [0, 0.1) is 6.92 Å². The largest absolute Gasteiger partial charge is 0.433 e.